The standard InChI is InChI=1S/C22H24N.C13H24O2.Ir/c1-6-22(4,5)19-8-7-9-21-18(19)10-11-20(23-21)17-13-15(2)12-16(3)14-17;1-5-10(6-2)12(14)9-13(15)11(7-3)8-4;/h7-13H,6H2,1-5H3;9-11,14H,5-8H2,1-4H3;/q-1;;/b;12-9-;. The van der Waals surface area contributed by atoms with Gasteiger partial charge in [-0.3, -0.25) is 9.78 Å². The van der Waals surface area contributed by atoms with E-state index in [1.165, 1.54) is 22.6 Å². The number of rotatable bonds is 10. The van der Waals surface area contributed by atoms with Crippen molar-refractivity contribution in [3.05, 3.63) is 77.1 Å². The fourth-order valence-electron chi connectivity index (χ4n) is 4.90. The minimum Gasteiger partial charge on any atom is -0.512 e. The van der Waals surface area contributed by atoms with E-state index in [0.717, 1.165) is 54.4 Å². The van der Waals surface area contributed by atoms with E-state index < -0.39 is 0 Å². The molecule has 0 fully saturated rings. The third-order valence-electron chi connectivity index (χ3n) is 7.85. The predicted octanol–water partition coefficient (Wildman–Crippen LogP) is 9.87. The van der Waals surface area contributed by atoms with Crippen LogP contribution in [-0.4, -0.2) is 15.9 Å². The van der Waals surface area contributed by atoms with Gasteiger partial charge in [-0.15, -0.1) is 34.9 Å². The Labute approximate surface area is 250 Å². The second kappa shape index (κ2) is 16.1. The summed E-state index contributed by atoms with van der Waals surface area (Å²) in [6.07, 6.45) is 6.02. The molecule has 0 saturated heterocycles. The molecule has 3 rings (SSSR count). The van der Waals surface area contributed by atoms with Crippen molar-refractivity contribution in [1.29, 1.82) is 0 Å². The Kier molecular flexibility index (Phi) is 14.3. The molecule has 0 spiro atoms. The van der Waals surface area contributed by atoms with Crippen LogP contribution < -0.4 is 0 Å². The summed E-state index contributed by atoms with van der Waals surface area (Å²) in [6.45, 7) is 19.1. The van der Waals surface area contributed by atoms with Crippen molar-refractivity contribution in [2.75, 3.05) is 0 Å². The predicted molar refractivity (Wildman–Crippen MR) is 163 cm³/mol. The van der Waals surface area contributed by atoms with Crippen LogP contribution in [0.25, 0.3) is 22.2 Å². The average Bonchev–Trinajstić information content (AvgIpc) is 2.89. The second-order valence-electron chi connectivity index (χ2n) is 11.1. The Balaban J connectivity index is 0.000000418. The number of aliphatic hydroxyl groups excluding tert-OH is 1. The third kappa shape index (κ3) is 9.40. The first-order valence-electron chi connectivity index (χ1n) is 14.4. The summed E-state index contributed by atoms with van der Waals surface area (Å²) >= 11 is 0. The van der Waals surface area contributed by atoms with Crippen LogP contribution in [0.15, 0.2) is 54.3 Å². The molecule has 1 heterocycles. The Bertz CT molecular complexity index is 1220. The van der Waals surface area contributed by atoms with Gasteiger partial charge >= 0.3 is 0 Å². The fourth-order valence-corrected chi connectivity index (χ4v) is 4.90. The number of aromatic nitrogens is 1. The molecule has 1 aromatic heterocycles. The van der Waals surface area contributed by atoms with Crippen molar-refractivity contribution in [1.82, 2.24) is 4.98 Å². The number of allylic oxidation sites excluding steroid dienone is 2. The topological polar surface area (TPSA) is 50.2 Å². The number of carbonyl (C=O) groups is 1. The summed E-state index contributed by atoms with van der Waals surface area (Å²) in [4.78, 5) is 16.6. The van der Waals surface area contributed by atoms with E-state index >= 15 is 0 Å². The number of fused-ring (bicyclic) bond motifs is 1. The summed E-state index contributed by atoms with van der Waals surface area (Å²) in [6, 6.07) is 18.5. The maximum Gasteiger partial charge on any atom is 0.162 e. The van der Waals surface area contributed by atoms with E-state index in [0.29, 0.717) is 0 Å². The van der Waals surface area contributed by atoms with Gasteiger partial charge in [-0.1, -0.05) is 86.6 Å². The zero-order chi connectivity index (χ0) is 28.5. The number of aryl methyl sites for hydroxylation is 2. The van der Waals surface area contributed by atoms with Gasteiger partial charge in [0.25, 0.3) is 0 Å². The zero-order valence-electron chi connectivity index (χ0n) is 25.4. The number of nitrogens with zero attached hydrogens (tertiary/aromatic N) is 1. The maximum atomic E-state index is 11.7. The molecule has 0 aliphatic carbocycles. The summed E-state index contributed by atoms with van der Waals surface area (Å²) in [7, 11) is 0. The number of ketones is 1. The molecule has 0 bridgehead atoms. The molecule has 1 radical (unpaired) electrons. The molecule has 3 aromatic rings. The monoisotopic (exact) mass is 707 g/mol. The molecule has 39 heavy (non-hydrogen) atoms. The van der Waals surface area contributed by atoms with E-state index in [2.05, 4.69) is 83.1 Å². The van der Waals surface area contributed by atoms with Crippen molar-refractivity contribution in [2.24, 2.45) is 11.8 Å². The quantitative estimate of drug-likeness (QED) is 0.130. The molecule has 4 heteroatoms. The summed E-state index contributed by atoms with van der Waals surface area (Å²) < 4.78 is 0. The molecule has 3 nitrogen and oxygen atoms in total. The van der Waals surface area contributed by atoms with Gasteiger partial charge in [0.15, 0.2) is 5.78 Å². The van der Waals surface area contributed by atoms with Crippen molar-refractivity contribution in [3.8, 4) is 11.3 Å². The molecule has 0 saturated carbocycles. The van der Waals surface area contributed by atoms with Crippen LogP contribution in [-0.2, 0) is 30.3 Å². The molecule has 2 aromatic carbocycles. The molecule has 215 valence electrons. The SMILES string of the molecule is CCC(C)(C)c1cccc2nc(-c3[c-]c(C)cc(C)c3)ccc12.CCC(CC)C(=O)/C=C(\O)C(CC)CC.[Ir]. The summed E-state index contributed by atoms with van der Waals surface area (Å²) in [5.74, 6) is 0.547. The van der Waals surface area contributed by atoms with Gasteiger partial charge in [0.1, 0.15) is 0 Å². The molecule has 0 unspecified atom stereocenters. The Hall–Kier alpha value is -2.29. The first-order valence-corrected chi connectivity index (χ1v) is 14.4. The van der Waals surface area contributed by atoms with Gasteiger partial charge in [0.05, 0.1) is 11.3 Å². The van der Waals surface area contributed by atoms with Crippen LogP contribution in [0.4, 0.5) is 0 Å². The summed E-state index contributed by atoms with van der Waals surface area (Å²) in [5, 5.41) is 11.0. The number of pyridine rings is 1. The first kappa shape index (κ1) is 34.7. The van der Waals surface area contributed by atoms with Crippen LogP contribution in [0, 0.1) is 31.7 Å². The van der Waals surface area contributed by atoms with Crippen LogP contribution in [0.1, 0.15) is 97.3 Å². The number of benzene rings is 2. The molecule has 0 aliphatic rings. The zero-order valence-corrected chi connectivity index (χ0v) is 27.8. The van der Waals surface area contributed by atoms with Crippen LogP contribution in [0.2, 0.25) is 0 Å². The molecule has 0 aliphatic heterocycles. The van der Waals surface area contributed by atoms with Gasteiger partial charge in [0.2, 0.25) is 0 Å². The molecule has 1 N–H and O–H groups in total. The van der Waals surface area contributed by atoms with E-state index in [1.807, 2.05) is 27.7 Å². The Morgan fingerprint density at radius 1 is 0.949 bits per heavy atom. The number of aliphatic hydroxyl groups is 1. The van der Waals surface area contributed by atoms with E-state index in [1.54, 1.807) is 0 Å². The molecular weight excluding hydrogens is 659 g/mol. The van der Waals surface area contributed by atoms with Gasteiger partial charge in [-0.05, 0) is 54.8 Å². The smallest absolute Gasteiger partial charge is 0.162 e. The number of hydrogen-bond acceptors (Lipinski definition) is 3. The van der Waals surface area contributed by atoms with Gasteiger partial charge < -0.3 is 5.11 Å². The number of carbonyl (C=O) groups excluding carboxylic acids is 1. The van der Waals surface area contributed by atoms with Crippen molar-refractivity contribution in [3.63, 3.8) is 0 Å². The van der Waals surface area contributed by atoms with Crippen LogP contribution in [0.5, 0.6) is 0 Å². The Morgan fingerprint density at radius 2 is 1.56 bits per heavy atom. The van der Waals surface area contributed by atoms with E-state index in [9.17, 15) is 9.90 Å². The normalized spacial score (nSPS) is 11.8. The fraction of sp³-hybridized carbons (Fsp3) is 0.486. The first-order chi connectivity index (χ1) is 18.0. The maximum absolute atomic E-state index is 11.7. The van der Waals surface area contributed by atoms with Crippen LogP contribution >= 0.6 is 0 Å². The minimum absolute atomic E-state index is 0. The summed E-state index contributed by atoms with van der Waals surface area (Å²) in [5.41, 5.74) is 7.08. The van der Waals surface area contributed by atoms with Crippen molar-refractivity contribution in [2.45, 2.75) is 99.8 Å². The largest absolute Gasteiger partial charge is 0.512 e. The second-order valence-corrected chi connectivity index (χ2v) is 11.1. The van der Waals surface area contributed by atoms with Crippen molar-refractivity contribution >= 4 is 16.7 Å². The molecule has 0 amide bonds. The van der Waals surface area contributed by atoms with Crippen molar-refractivity contribution < 1.29 is 30.0 Å². The van der Waals surface area contributed by atoms with E-state index in [4.69, 9.17) is 4.98 Å². The van der Waals surface area contributed by atoms with Gasteiger partial charge in [-0.2, -0.15) is 0 Å². The number of hydrogen-bond donors (Lipinski definition) is 1. The average molecular weight is 707 g/mol. The minimum atomic E-state index is 0. The van der Waals surface area contributed by atoms with Gasteiger partial charge in [0, 0.05) is 43.4 Å². The van der Waals surface area contributed by atoms with Crippen LogP contribution in [0.3, 0.4) is 0 Å². The molecule has 0 atom stereocenters. The Morgan fingerprint density at radius 3 is 2.10 bits per heavy atom. The third-order valence-corrected chi connectivity index (χ3v) is 7.85. The van der Waals surface area contributed by atoms with E-state index in [-0.39, 0.29) is 48.9 Å². The molecular formula is C35H48IrNO2-. The van der Waals surface area contributed by atoms with Gasteiger partial charge in [-0.25, -0.2) is 0 Å².